The number of hydrogen-bond acceptors (Lipinski definition) is 2. The lowest BCUT2D eigenvalue weighted by Gasteiger charge is -2.10. The van der Waals surface area contributed by atoms with Gasteiger partial charge in [0.2, 0.25) is 0 Å². The van der Waals surface area contributed by atoms with Crippen molar-refractivity contribution in [2.24, 2.45) is 0 Å². The molecule has 0 spiro atoms. The van der Waals surface area contributed by atoms with E-state index in [0.29, 0.717) is 0 Å². The normalized spacial score (nSPS) is 10.8. The van der Waals surface area contributed by atoms with Crippen LogP contribution in [-0.2, 0) is 0 Å². The summed E-state index contributed by atoms with van der Waals surface area (Å²) in [6.45, 7) is 0. The monoisotopic (exact) mass is 316 g/mol. The first-order valence-electron chi connectivity index (χ1n) is 7.56. The fraction of sp³-hybridized carbons (Fsp3) is 0.0476. The standard InChI is InChI=1S/C21H16OS/c1-22-18-13-17-5-2-3-6-19(17)20(14-18)15-8-10-16(11-9-15)21-7-4-12-23-21/h2-14H,1H3. The van der Waals surface area contributed by atoms with E-state index < -0.39 is 0 Å². The van der Waals surface area contributed by atoms with Gasteiger partial charge < -0.3 is 4.74 Å². The summed E-state index contributed by atoms with van der Waals surface area (Å²) in [5.74, 6) is 0.890. The van der Waals surface area contributed by atoms with Gasteiger partial charge in [-0.15, -0.1) is 11.3 Å². The summed E-state index contributed by atoms with van der Waals surface area (Å²) in [6, 6.07) is 25.6. The zero-order valence-electron chi connectivity index (χ0n) is 12.8. The Balaban J connectivity index is 1.85. The quantitative estimate of drug-likeness (QED) is 0.434. The molecule has 0 unspecified atom stereocenters. The van der Waals surface area contributed by atoms with Gasteiger partial charge >= 0.3 is 0 Å². The van der Waals surface area contributed by atoms with Crippen molar-refractivity contribution in [3.8, 4) is 27.3 Å². The van der Waals surface area contributed by atoms with Gasteiger partial charge in [-0.1, -0.05) is 54.6 Å². The lowest BCUT2D eigenvalue weighted by Crippen LogP contribution is -1.87. The van der Waals surface area contributed by atoms with Crippen molar-refractivity contribution in [2.45, 2.75) is 0 Å². The van der Waals surface area contributed by atoms with Crippen LogP contribution in [0.15, 0.2) is 78.2 Å². The summed E-state index contributed by atoms with van der Waals surface area (Å²) < 4.78 is 5.47. The van der Waals surface area contributed by atoms with Crippen molar-refractivity contribution in [3.63, 3.8) is 0 Å². The number of ether oxygens (including phenoxy) is 1. The lowest BCUT2D eigenvalue weighted by molar-refractivity contribution is 0.415. The van der Waals surface area contributed by atoms with Crippen LogP contribution >= 0.6 is 11.3 Å². The highest BCUT2D eigenvalue weighted by atomic mass is 32.1. The van der Waals surface area contributed by atoms with Crippen molar-refractivity contribution in [1.29, 1.82) is 0 Å². The molecule has 23 heavy (non-hydrogen) atoms. The van der Waals surface area contributed by atoms with Crippen molar-refractivity contribution >= 4 is 22.1 Å². The molecule has 0 aliphatic rings. The van der Waals surface area contributed by atoms with Crippen molar-refractivity contribution in [3.05, 3.63) is 78.2 Å². The van der Waals surface area contributed by atoms with Crippen LogP contribution in [0.3, 0.4) is 0 Å². The summed E-state index contributed by atoms with van der Waals surface area (Å²) in [4.78, 5) is 1.30. The fourth-order valence-electron chi connectivity index (χ4n) is 2.90. The first-order valence-corrected chi connectivity index (χ1v) is 8.44. The maximum Gasteiger partial charge on any atom is 0.120 e. The molecule has 0 saturated carbocycles. The predicted octanol–water partition coefficient (Wildman–Crippen LogP) is 6.24. The highest BCUT2D eigenvalue weighted by Crippen LogP contribution is 2.34. The highest BCUT2D eigenvalue weighted by Gasteiger charge is 2.07. The molecule has 0 aliphatic heterocycles. The van der Waals surface area contributed by atoms with E-state index in [1.807, 2.05) is 0 Å². The SMILES string of the molecule is COc1cc(-c2ccc(-c3cccs3)cc2)c2ccccc2c1. The van der Waals surface area contributed by atoms with E-state index in [0.717, 1.165) is 5.75 Å². The van der Waals surface area contributed by atoms with Gasteiger partial charge in [0, 0.05) is 4.88 Å². The summed E-state index contributed by atoms with van der Waals surface area (Å²) in [6.07, 6.45) is 0. The van der Waals surface area contributed by atoms with Crippen LogP contribution in [-0.4, -0.2) is 7.11 Å². The van der Waals surface area contributed by atoms with Crippen LogP contribution in [0.2, 0.25) is 0 Å². The molecule has 0 bridgehead atoms. The van der Waals surface area contributed by atoms with Crippen molar-refractivity contribution < 1.29 is 4.74 Å². The minimum absolute atomic E-state index is 0.890. The molecular weight excluding hydrogens is 300 g/mol. The molecular formula is C21H16OS. The molecule has 0 fully saturated rings. The van der Waals surface area contributed by atoms with Crippen LogP contribution < -0.4 is 4.74 Å². The van der Waals surface area contributed by atoms with Crippen LogP contribution in [0.25, 0.3) is 32.3 Å². The molecule has 2 heteroatoms. The summed E-state index contributed by atoms with van der Waals surface area (Å²) >= 11 is 1.77. The van der Waals surface area contributed by atoms with E-state index in [4.69, 9.17) is 4.74 Å². The van der Waals surface area contributed by atoms with Crippen LogP contribution in [0.1, 0.15) is 0 Å². The van der Waals surface area contributed by atoms with E-state index in [2.05, 4.69) is 78.2 Å². The Morgan fingerprint density at radius 3 is 2.30 bits per heavy atom. The third kappa shape index (κ3) is 2.62. The Morgan fingerprint density at radius 1 is 0.783 bits per heavy atom. The molecule has 4 aromatic rings. The van der Waals surface area contributed by atoms with E-state index in [1.54, 1.807) is 18.4 Å². The molecule has 0 N–H and O–H groups in total. The number of methoxy groups -OCH3 is 1. The van der Waals surface area contributed by atoms with Gasteiger partial charge in [0.15, 0.2) is 0 Å². The van der Waals surface area contributed by atoms with E-state index in [-0.39, 0.29) is 0 Å². The molecule has 0 radical (unpaired) electrons. The molecule has 0 saturated heterocycles. The summed E-state index contributed by atoms with van der Waals surface area (Å²) in [7, 11) is 1.72. The number of thiophene rings is 1. The Labute approximate surface area is 139 Å². The second-order valence-electron chi connectivity index (χ2n) is 5.45. The minimum Gasteiger partial charge on any atom is -0.497 e. The molecule has 3 aromatic carbocycles. The fourth-order valence-corrected chi connectivity index (χ4v) is 3.63. The van der Waals surface area contributed by atoms with Gasteiger partial charge in [-0.25, -0.2) is 0 Å². The Kier molecular flexibility index (Phi) is 3.60. The van der Waals surface area contributed by atoms with E-state index in [1.165, 1.54) is 32.3 Å². The molecule has 0 aliphatic carbocycles. The third-order valence-corrected chi connectivity index (χ3v) is 4.99. The number of rotatable bonds is 3. The number of hydrogen-bond donors (Lipinski definition) is 0. The van der Waals surface area contributed by atoms with Crippen LogP contribution in [0.4, 0.5) is 0 Å². The second kappa shape index (κ2) is 5.90. The van der Waals surface area contributed by atoms with Gasteiger partial charge in [0.1, 0.15) is 5.75 Å². The largest absolute Gasteiger partial charge is 0.497 e. The van der Waals surface area contributed by atoms with E-state index in [9.17, 15) is 0 Å². The smallest absolute Gasteiger partial charge is 0.120 e. The van der Waals surface area contributed by atoms with Crippen LogP contribution in [0.5, 0.6) is 5.75 Å². The average Bonchev–Trinajstić information content (AvgIpc) is 3.15. The average molecular weight is 316 g/mol. The van der Waals surface area contributed by atoms with Crippen molar-refractivity contribution in [1.82, 2.24) is 0 Å². The maximum absolute atomic E-state index is 5.47. The molecule has 112 valence electrons. The highest BCUT2D eigenvalue weighted by molar-refractivity contribution is 7.13. The molecule has 1 heterocycles. The molecule has 1 nitrogen and oxygen atoms in total. The summed E-state index contributed by atoms with van der Waals surface area (Å²) in [5.41, 5.74) is 3.68. The number of fused-ring (bicyclic) bond motifs is 1. The minimum atomic E-state index is 0.890. The lowest BCUT2D eigenvalue weighted by atomic mass is 9.97. The van der Waals surface area contributed by atoms with Gasteiger partial charge in [-0.3, -0.25) is 0 Å². The van der Waals surface area contributed by atoms with Gasteiger partial charge in [0.05, 0.1) is 7.11 Å². The number of benzene rings is 3. The van der Waals surface area contributed by atoms with Crippen molar-refractivity contribution in [2.75, 3.05) is 7.11 Å². The predicted molar refractivity (Wildman–Crippen MR) is 99.2 cm³/mol. The molecule has 0 amide bonds. The first kappa shape index (κ1) is 14.0. The van der Waals surface area contributed by atoms with Gasteiger partial charge in [-0.05, 0) is 51.0 Å². The summed E-state index contributed by atoms with van der Waals surface area (Å²) in [5, 5.41) is 4.56. The van der Waals surface area contributed by atoms with Gasteiger partial charge in [-0.2, -0.15) is 0 Å². The second-order valence-corrected chi connectivity index (χ2v) is 6.40. The van der Waals surface area contributed by atoms with Crippen LogP contribution in [0, 0.1) is 0 Å². The molecule has 1 aromatic heterocycles. The van der Waals surface area contributed by atoms with E-state index >= 15 is 0 Å². The maximum atomic E-state index is 5.47. The molecule has 4 rings (SSSR count). The third-order valence-electron chi connectivity index (χ3n) is 4.07. The van der Waals surface area contributed by atoms with Gasteiger partial charge in [0.25, 0.3) is 0 Å². The Morgan fingerprint density at radius 2 is 1.57 bits per heavy atom. The zero-order valence-corrected chi connectivity index (χ0v) is 13.6. The topological polar surface area (TPSA) is 9.23 Å². The Hall–Kier alpha value is -2.58. The zero-order chi connectivity index (χ0) is 15.6. The first-order chi connectivity index (χ1) is 11.3. The Bertz CT molecular complexity index is 937. The molecule has 0 atom stereocenters.